The minimum atomic E-state index is 0.728. The summed E-state index contributed by atoms with van der Waals surface area (Å²) in [6.45, 7) is 5.45. The number of H-pyrrole nitrogens is 1. The van der Waals surface area contributed by atoms with E-state index in [0.29, 0.717) is 0 Å². The van der Waals surface area contributed by atoms with Crippen LogP contribution in [0.15, 0.2) is 24.3 Å². The number of aromatic amines is 1. The van der Waals surface area contributed by atoms with Gasteiger partial charge in [0.25, 0.3) is 0 Å². The molecule has 0 saturated heterocycles. The summed E-state index contributed by atoms with van der Waals surface area (Å²) < 4.78 is 0. The molecule has 0 amide bonds. The monoisotopic (exact) mass is 255 g/mol. The van der Waals surface area contributed by atoms with Gasteiger partial charge in [0.2, 0.25) is 0 Å². The third kappa shape index (κ3) is 2.90. The maximum absolute atomic E-state index is 9.37. The van der Waals surface area contributed by atoms with Crippen LogP contribution in [0.4, 0.5) is 5.82 Å². The summed E-state index contributed by atoms with van der Waals surface area (Å²) >= 11 is 0. The van der Waals surface area contributed by atoms with Crippen molar-refractivity contribution in [2.24, 2.45) is 5.92 Å². The van der Waals surface area contributed by atoms with Crippen molar-refractivity contribution in [3.63, 3.8) is 0 Å². The predicted octanol–water partition coefficient (Wildman–Crippen LogP) is 3.91. The highest BCUT2D eigenvalue weighted by molar-refractivity contribution is 5.91. The second-order valence-electron chi connectivity index (χ2n) is 5.46. The zero-order valence-corrected chi connectivity index (χ0v) is 11.9. The SMILES string of the molecule is CC(C)CCCN(C)c1[nH]c2ccccc2c1C#N. The molecule has 0 radical (unpaired) electrons. The molecule has 19 heavy (non-hydrogen) atoms. The molecule has 0 aliphatic carbocycles. The van der Waals surface area contributed by atoms with Crippen LogP contribution in [0.25, 0.3) is 10.9 Å². The highest BCUT2D eigenvalue weighted by atomic mass is 15.2. The average molecular weight is 255 g/mol. The molecule has 0 bridgehead atoms. The Balaban J connectivity index is 2.22. The normalized spacial score (nSPS) is 10.9. The summed E-state index contributed by atoms with van der Waals surface area (Å²) in [5, 5.41) is 10.4. The molecule has 3 nitrogen and oxygen atoms in total. The zero-order chi connectivity index (χ0) is 13.8. The van der Waals surface area contributed by atoms with E-state index < -0.39 is 0 Å². The topological polar surface area (TPSA) is 42.8 Å². The summed E-state index contributed by atoms with van der Waals surface area (Å²) in [7, 11) is 2.05. The molecule has 0 spiro atoms. The fourth-order valence-corrected chi connectivity index (χ4v) is 2.38. The first-order valence-corrected chi connectivity index (χ1v) is 6.85. The van der Waals surface area contributed by atoms with Gasteiger partial charge in [0, 0.05) is 24.5 Å². The van der Waals surface area contributed by atoms with E-state index in [2.05, 4.69) is 29.8 Å². The van der Waals surface area contributed by atoms with Gasteiger partial charge >= 0.3 is 0 Å². The number of benzene rings is 1. The van der Waals surface area contributed by atoms with E-state index in [0.717, 1.165) is 41.2 Å². The van der Waals surface area contributed by atoms with E-state index in [1.165, 1.54) is 6.42 Å². The minimum Gasteiger partial charge on any atom is -0.360 e. The molecular weight excluding hydrogens is 234 g/mol. The highest BCUT2D eigenvalue weighted by Crippen LogP contribution is 2.27. The van der Waals surface area contributed by atoms with Gasteiger partial charge in [-0.2, -0.15) is 5.26 Å². The molecule has 100 valence electrons. The van der Waals surface area contributed by atoms with Gasteiger partial charge in [0.15, 0.2) is 0 Å². The first-order valence-electron chi connectivity index (χ1n) is 6.85. The van der Waals surface area contributed by atoms with Crippen molar-refractivity contribution in [1.82, 2.24) is 4.98 Å². The van der Waals surface area contributed by atoms with Gasteiger partial charge in [0.05, 0.1) is 0 Å². The lowest BCUT2D eigenvalue weighted by atomic mass is 10.1. The number of para-hydroxylation sites is 1. The molecule has 0 fully saturated rings. The molecule has 1 N–H and O–H groups in total. The first kappa shape index (κ1) is 13.5. The summed E-state index contributed by atoms with van der Waals surface area (Å²) in [6.07, 6.45) is 2.36. The van der Waals surface area contributed by atoms with E-state index in [1.807, 2.05) is 31.3 Å². The largest absolute Gasteiger partial charge is 0.360 e. The van der Waals surface area contributed by atoms with Gasteiger partial charge in [0.1, 0.15) is 17.5 Å². The number of nitriles is 1. The third-order valence-electron chi connectivity index (χ3n) is 3.45. The van der Waals surface area contributed by atoms with E-state index in [9.17, 15) is 5.26 Å². The number of hydrogen-bond acceptors (Lipinski definition) is 2. The van der Waals surface area contributed by atoms with Crippen molar-refractivity contribution in [1.29, 1.82) is 5.26 Å². The van der Waals surface area contributed by atoms with E-state index >= 15 is 0 Å². The second kappa shape index (κ2) is 5.79. The fraction of sp³-hybridized carbons (Fsp3) is 0.438. The molecule has 0 saturated carbocycles. The quantitative estimate of drug-likeness (QED) is 0.880. The number of anilines is 1. The van der Waals surface area contributed by atoms with Crippen molar-refractivity contribution in [2.75, 3.05) is 18.5 Å². The Kier molecular flexibility index (Phi) is 4.11. The van der Waals surface area contributed by atoms with Crippen LogP contribution in [0.3, 0.4) is 0 Å². The smallest absolute Gasteiger partial charge is 0.124 e. The molecule has 0 aliphatic heterocycles. The summed E-state index contributed by atoms with van der Waals surface area (Å²) in [5.41, 5.74) is 1.78. The molecule has 1 aromatic carbocycles. The zero-order valence-electron chi connectivity index (χ0n) is 11.9. The minimum absolute atomic E-state index is 0.728. The van der Waals surface area contributed by atoms with E-state index in [-0.39, 0.29) is 0 Å². The lowest BCUT2D eigenvalue weighted by Crippen LogP contribution is -2.20. The molecule has 3 heteroatoms. The Hall–Kier alpha value is -1.95. The maximum atomic E-state index is 9.37. The van der Waals surface area contributed by atoms with Crippen molar-refractivity contribution in [2.45, 2.75) is 26.7 Å². The van der Waals surface area contributed by atoms with Crippen LogP contribution in [0.1, 0.15) is 32.3 Å². The maximum Gasteiger partial charge on any atom is 0.124 e. The molecular formula is C16H21N3. The first-order chi connectivity index (χ1) is 9.13. The molecule has 0 aliphatic rings. The Morgan fingerprint density at radius 2 is 2.05 bits per heavy atom. The number of rotatable bonds is 5. The standard InChI is InChI=1S/C16H21N3/c1-12(2)7-6-10-19(3)16-14(11-17)13-8-4-5-9-15(13)18-16/h4-5,8-9,12,18H,6-7,10H2,1-3H3. The fourth-order valence-electron chi connectivity index (χ4n) is 2.38. The van der Waals surface area contributed by atoms with E-state index in [1.54, 1.807) is 0 Å². The molecule has 2 aromatic rings. The van der Waals surface area contributed by atoms with Crippen LogP contribution >= 0.6 is 0 Å². The lowest BCUT2D eigenvalue weighted by Gasteiger charge is -2.18. The Morgan fingerprint density at radius 3 is 2.74 bits per heavy atom. The predicted molar refractivity (Wildman–Crippen MR) is 80.4 cm³/mol. The third-order valence-corrected chi connectivity index (χ3v) is 3.45. The number of aromatic nitrogens is 1. The van der Waals surface area contributed by atoms with Crippen LogP contribution in [0.5, 0.6) is 0 Å². The van der Waals surface area contributed by atoms with Crippen molar-refractivity contribution in [3.05, 3.63) is 29.8 Å². The summed E-state index contributed by atoms with van der Waals surface area (Å²) in [6, 6.07) is 10.3. The van der Waals surface area contributed by atoms with Crippen molar-refractivity contribution in [3.8, 4) is 6.07 Å². The molecule has 1 aromatic heterocycles. The van der Waals surface area contributed by atoms with Crippen molar-refractivity contribution < 1.29 is 0 Å². The molecule has 2 rings (SSSR count). The van der Waals surface area contributed by atoms with Crippen LogP contribution < -0.4 is 4.90 Å². The van der Waals surface area contributed by atoms with Gasteiger partial charge in [-0.05, 0) is 24.8 Å². The number of nitrogens with one attached hydrogen (secondary N) is 1. The summed E-state index contributed by atoms with van der Waals surface area (Å²) in [4.78, 5) is 5.51. The van der Waals surface area contributed by atoms with Gasteiger partial charge < -0.3 is 9.88 Å². The molecule has 1 heterocycles. The van der Waals surface area contributed by atoms with Gasteiger partial charge in [-0.1, -0.05) is 32.0 Å². The van der Waals surface area contributed by atoms with Crippen LogP contribution in [-0.2, 0) is 0 Å². The number of hydrogen-bond donors (Lipinski definition) is 1. The Labute approximate surface area is 114 Å². The van der Waals surface area contributed by atoms with Gasteiger partial charge in [-0.3, -0.25) is 0 Å². The van der Waals surface area contributed by atoms with Gasteiger partial charge in [-0.15, -0.1) is 0 Å². The lowest BCUT2D eigenvalue weighted by molar-refractivity contribution is 0.555. The molecule has 0 atom stereocenters. The van der Waals surface area contributed by atoms with Gasteiger partial charge in [-0.25, -0.2) is 0 Å². The van der Waals surface area contributed by atoms with E-state index in [4.69, 9.17) is 0 Å². The second-order valence-corrected chi connectivity index (χ2v) is 5.46. The number of fused-ring (bicyclic) bond motifs is 1. The van der Waals surface area contributed by atoms with Crippen molar-refractivity contribution >= 4 is 16.7 Å². The van der Waals surface area contributed by atoms with Crippen LogP contribution in [-0.4, -0.2) is 18.6 Å². The summed E-state index contributed by atoms with van der Waals surface area (Å²) in [5.74, 6) is 1.67. The molecule has 0 unspecified atom stereocenters. The average Bonchev–Trinajstić information content (AvgIpc) is 2.76. The Morgan fingerprint density at radius 1 is 1.32 bits per heavy atom. The Bertz CT molecular complexity index is 590. The van der Waals surface area contributed by atoms with Crippen LogP contribution in [0.2, 0.25) is 0 Å². The van der Waals surface area contributed by atoms with Crippen LogP contribution in [0, 0.1) is 17.2 Å². The highest BCUT2D eigenvalue weighted by Gasteiger charge is 2.13. The number of nitrogens with zero attached hydrogens (tertiary/aromatic N) is 2.